The van der Waals surface area contributed by atoms with Crippen LogP contribution in [0.15, 0.2) is 0 Å². The zero-order valence-electron chi connectivity index (χ0n) is 6.84. The van der Waals surface area contributed by atoms with Gasteiger partial charge in [-0.15, -0.1) is 0 Å². The zero-order valence-corrected chi connectivity index (χ0v) is 6.84. The minimum atomic E-state index is 0.219. The van der Waals surface area contributed by atoms with Crippen molar-refractivity contribution in [1.29, 1.82) is 5.26 Å². The monoisotopic (exact) mass is 154 g/mol. The third-order valence-electron chi connectivity index (χ3n) is 2.12. The van der Waals surface area contributed by atoms with Crippen molar-refractivity contribution in [3.8, 4) is 6.07 Å². The number of nitrogens with zero attached hydrogens (tertiary/aromatic N) is 1. The van der Waals surface area contributed by atoms with Gasteiger partial charge in [-0.25, -0.2) is 0 Å². The fourth-order valence-corrected chi connectivity index (χ4v) is 1.33. The average Bonchev–Trinajstić information content (AvgIpc) is 2.03. The van der Waals surface area contributed by atoms with Crippen molar-refractivity contribution in [3.63, 3.8) is 0 Å². The van der Waals surface area contributed by atoms with Gasteiger partial charge in [0, 0.05) is 6.54 Å². The molecule has 1 aliphatic heterocycles. The normalized spacial score (nSPS) is 31.3. The summed E-state index contributed by atoms with van der Waals surface area (Å²) in [5.74, 6) is 0.588. The minimum absolute atomic E-state index is 0.219. The summed E-state index contributed by atoms with van der Waals surface area (Å²) in [5, 5.41) is 11.5. The molecule has 0 spiro atoms. The van der Waals surface area contributed by atoms with Crippen molar-refractivity contribution in [2.24, 2.45) is 5.92 Å². The van der Waals surface area contributed by atoms with Gasteiger partial charge in [-0.05, 0) is 18.9 Å². The van der Waals surface area contributed by atoms with Crippen LogP contribution in [0.4, 0.5) is 0 Å². The first-order valence-corrected chi connectivity index (χ1v) is 4.04. The second kappa shape index (κ2) is 4.32. The molecule has 0 amide bonds. The lowest BCUT2D eigenvalue weighted by Gasteiger charge is -2.28. The first-order valence-electron chi connectivity index (χ1n) is 4.04. The molecule has 0 aromatic rings. The summed E-state index contributed by atoms with van der Waals surface area (Å²) in [6, 6.07) is 1.99. The fourth-order valence-electron chi connectivity index (χ4n) is 1.33. The van der Waals surface area contributed by atoms with Crippen molar-refractivity contribution < 1.29 is 4.74 Å². The van der Waals surface area contributed by atoms with Crippen molar-refractivity contribution in [2.75, 3.05) is 19.7 Å². The van der Waals surface area contributed by atoms with E-state index in [0.717, 1.165) is 19.5 Å². The van der Waals surface area contributed by atoms with E-state index in [1.54, 1.807) is 0 Å². The summed E-state index contributed by atoms with van der Waals surface area (Å²) < 4.78 is 5.32. The summed E-state index contributed by atoms with van der Waals surface area (Å²) in [6.07, 6.45) is 1.39. The standard InChI is InChI=1S/C8H14N2O/c1-7-2-4-10-6-8(7)11-5-3-9/h7-8,10H,2,4-6H2,1H3. The molecule has 1 saturated heterocycles. The molecule has 2 unspecified atom stereocenters. The van der Waals surface area contributed by atoms with E-state index in [1.807, 2.05) is 6.07 Å². The van der Waals surface area contributed by atoms with Gasteiger partial charge in [-0.3, -0.25) is 0 Å². The van der Waals surface area contributed by atoms with Crippen LogP contribution in [0.2, 0.25) is 0 Å². The summed E-state index contributed by atoms with van der Waals surface area (Å²) in [6.45, 7) is 4.36. The van der Waals surface area contributed by atoms with Crippen LogP contribution < -0.4 is 5.32 Å². The van der Waals surface area contributed by atoms with Gasteiger partial charge in [-0.1, -0.05) is 6.92 Å². The van der Waals surface area contributed by atoms with Crippen molar-refractivity contribution >= 4 is 0 Å². The van der Waals surface area contributed by atoms with Gasteiger partial charge < -0.3 is 10.1 Å². The first-order chi connectivity index (χ1) is 5.34. The Labute approximate surface area is 67.3 Å². The van der Waals surface area contributed by atoms with E-state index in [2.05, 4.69) is 12.2 Å². The quantitative estimate of drug-likeness (QED) is 0.631. The number of rotatable bonds is 2. The molecule has 0 bridgehead atoms. The largest absolute Gasteiger partial charge is 0.362 e. The molecule has 1 aliphatic rings. The Kier molecular flexibility index (Phi) is 3.34. The molecular weight excluding hydrogens is 140 g/mol. The molecule has 0 aliphatic carbocycles. The molecule has 1 N–H and O–H groups in total. The Bertz CT molecular complexity index is 153. The minimum Gasteiger partial charge on any atom is -0.362 e. The number of piperidine rings is 1. The number of hydrogen-bond acceptors (Lipinski definition) is 3. The van der Waals surface area contributed by atoms with Crippen LogP contribution in [0.3, 0.4) is 0 Å². The van der Waals surface area contributed by atoms with Crippen LogP contribution in [-0.4, -0.2) is 25.8 Å². The predicted octanol–water partition coefficient (Wildman–Crippen LogP) is 0.525. The van der Waals surface area contributed by atoms with E-state index in [1.165, 1.54) is 0 Å². The summed E-state index contributed by atoms with van der Waals surface area (Å²) in [7, 11) is 0. The summed E-state index contributed by atoms with van der Waals surface area (Å²) >= 11 is 0. The highest BCUT2D eigenvalue weighted by molar-refractivity contribution is 4.78. The summed E-state index contributed by atoms with van der Waals surface area (Å²) in [4.78, 5) is 0. The van der Waals surface area contributed by atoms with Crippen molar-refractivity contribution in [1.82, 2.24) is 5.32 Å². The number of nitrogens with one attached hydrogen (secondary N) is 1. The van der Waals surface area contributed by atoms with Gasteiger partial charge >= 0.3 is 0 Å². The summed E-state index contributed by atoms with van der Waals surface area (Å²) in [5.41, 5.74) is 0. The SMILES string of the molecule is CC1CCNCC1OCC#N. The highest BCUT2D eigenvalue weighted by Gasteiger charge is 2.20. The molecule has 62 valence electrons. The number of ether oxygens (including phenoxy) is 1. The topological polar surface area (TPSA) is 45.0 Å². The van der Waals surface area contributed by atoms with Gasteiger partial charge in [0.2, 0.25) is 0 Å². The lowest BCUT2D eigenvalue weighted by Crippen LogP contribution is -2.41. The highest BCUT2D eigenvalue weighted by atomic mass is 16.5. The maximum Gasteiger partial charge on any atom is 0.134 e. The molecule has 1 heterocycles. The van der Waals surface area contributed by atoms with Gasteiger partial charge in [-0.2, -0.15) is 5.26 Å². The second-order valence-corrected chi connectivity index (χ2v) is 2.98. The van der Waals surface area contributed by atoms with Crippen LogP contribution in [0.5, 0.6) is 0 Å². The van der Waals surface area contributed by atoms with Gasteiger partial charge in [0.15, 0.2) is 0 Å². The van der Waals surface area contributed by atoms with E-state index in [0.29, 0.717) is 5.92 Å². The highest BCUT2D eigenvalue weighted by Crippen LogP contribution is 2.13. The predicted molar refractivity (Wildman–Crippen MR) is 42.0 cm³/mol. The molecule has 2 atom stereocenters. The molecule has 3 heteroatoms. The number of hydrogen-bond donors (Lipinski definition) is 1. The molecule has 0 saturated carbocycles. The zero-order chi connectivity index (χ0) is 8.10. The van der Waals surface area contributed by atoms with E-state index in [4.69, 9.17) is 10.00 Å². The second-order valence-electron chi connectivity index (χ2n) is 2.98. The van der Waals surface area contributed by atoms with Crippen LogP contribution >= 0.6 is 0 Å². The maximum atomic E-state index is 8.29. The Morgan fingerprint density at radius 2 is 2.55 bits per heavy atom. The number of nitriles is 1. The molecule has 1 fully saturated rings. The maximum absolute atomic E-state index is 8.29. The van der Waals surface area contributed by atoms with E-state index in [9.17, 15) is 0 Å². The molecular formula is C8H14N2O. The van der Waals surface area contributed by atoms with E-state index < -0.39 is 0 Å². The van der Waals surface area contributed by atoms with Crippen LogP contribution in [0.25, 0.3) is 0 Å². The lowest BCUT2D eigenvalue weighted by molar-refractivity contribution is 0.0221. The van der Waals surface area contributed by atoms with Gasteiger partial charge in [0.1, 0.15) is 6.61 Å². The lowest BCUT2D eigenvalue weighted by atomic mass is 9.97. The van der Waals surface area contributed by atoms with E-state index >= 15 is 0 Å². The molecule has 1 rings (SSSR count). The fraction of sp³-hybridized carbons (Fsp3) is 0.875. The van der Waals surface area contributed by atoms with Crippen molar-refractivity contribution in [2.45, 2.75) is 19.4 Å². The third kappa shape index (κ3) is 2.49. The molecule has 0 radical (unpaired) electrons. The Morgan fingerprint density at radius 1 is 1.73 bits per heavy atom. The Morgan fingerprint density at radius 3 is 3.18 bits per heavy atom. The smallest absolute Gasteiger partial charge is 0.134 e. The van der Waals surface area contributed by atoms with Gasteiger partial charge in [0.25, 0.3) is 0 Å². The third-order valence-corrected chi connectivity index (χ3v) is 2.12. The van der Waals surface area contributed by atoms with Crippen LogP contribution in [0.1, 0.15) is 13.3 Å². The van der Waals surface area contributed by atoms with Crippen molar-refractivity contribution in [3.05, 3.63) is 0 Å². The average molecular weight is 154 g/mol. The van der Waals surface area contributed by atoms with E-state index in [-0.39, 0.29) is 12.7 Å². The molecule has 0 aromatic heterocycles. The Balaban J connectivity index is 2.25. The Hall–Kier alpha value is -0.590. The molecule has 0 aromatic carbocycles. The van der Waals surface area contributed by atoms with Crippen LogP contribution in [0, 0.1) is 17.2 Å². The van der Waals surface area contributed by atoms with Crippen LogP contribution in [-0.2, 0) is 4.74 Å². The first kappa shape index (κ1) is 8.51. The molecule has 3 nitrogen and oxygen atoms in total. The molecule has 11 heavy (non-hydrogen) atoms. The van der Waals surface area contributed by atoms with Gasteiger partial charge in [0.05, 0.1) is 12.2 Å².